The molecule has 1 aromatic heterocycles. The number of sulfone groups is 1. The van der Waals surface area contributed by atoms with Gasteiger partial charge in [-0.2, -0.15) is 0 Å². The molecule has 7 heteroatoms. The lowest BCUT2D eigenvalue weighted by Gasteiger charge is -2.19. The van der Waals surface area contributed by atoms with E-state index in [0.717, 1.165) is 42.6 Å². The van der Waals surface area contributed by atoms with Crippen LogP contribution >= 0.6 is 11.8 Å². The van der Waals surface area contributed by atoms with E-state index in [0.29, 0.717) is 0 Å². The molecule has 3 rings (SSSR count). The minimum atomic E-state index is -3.80. The Labute approximate surface area is 152 Å². The number of rotatable bonds is 4. The third-order valence-corrected chi connectivity index (χ3v) is 6.96. The summed E-state index contributed by atoms with van der Waals surface area (Å²) in [4.78, 5) is 9.30. The van der Waals surface area contributed by atoms with Gasteiger partial charge in [-0.3, -0.25) is 0 Å². The molecule has 2 aromatic rings. The van der Waals surface area contributed by atoms with Gasteiger partial charge in [-0.15, -0.1) is 11.8 Å². The Morgan fingerprint density at radius 2 is 1.80 bits per heavy atom. The lowest BCUT2D eigenvalue weighted by molar-refractivity contribution is 0.605. The fourth-order valence-electron chi connectivity index (χ4n) is 3.06. The zero-order chi connectivity index (χ0) is 18.0. The fourth-order valence-corrected chi connectivity index (χ4v) is 5.26. The first kappa shape index (κ1) is 17.9. The summed E-state index contributed by atoms with van der Waals surface area (Å²) in [6.45, 7) is 1.91. The largest absolute Gasteiger partial charge is 0.392 e. The minimum Gasteiger partial charge on any atom is -0.392 e. The van der Waals surface area contributed by atoms with Gasteiger partial charge < -0.3 is 5.73 Å². The van der Waals surface area contributed by atoms with Crippen LogP contribution in [0.4, 0.5) is 0 Å². The summed E-state index contributed by atoms with van der Waals surface area (Å²) in [6.07, 6.45) is 5.73. The van der Waals surface area contributed by atoms with Crippen LogP contribution in [0, 0.1) is 6.92 Å². The van der Waals surface area contributed by atoms with Gasteiger partial charge in [-0.25, -0.2) is 18.4 Å². The van der Waals surface area contributed by atoms with Crippen LogP contribution in [-0.4, -0.2) is 24.6 Å². The summed E-state index contributed by atoms with van der Waals surface area (Å²) in [5, 5.41) is 0.207. The summed E-state index contributed by atoms with van der Waals surface area (Å²) >= 11 is 1.19. The summed E-state index contributed by atoms with van der Waals surface area (Å²) < 4.78 is 26.4. The molecule has 0 atom stereocenters. The van der Waals surface area contributed by atoms with Crippen LogP contribution in [0.2, 0.25) is 0 Å². The van der Waals surface area contributed by atoms with Gasteiger partial charge in [-0.05, 0) is 56.6 Å². The smallest absolute Gasteiger partial charge is 0.212 e. The Kier molecular flexibility index (Phi) is 5.15. The highest BCUT2D eigenvalue weighted by atomic mass is 32.2. The van der Waals surface area contributed by atoms with Gasteiger partial charge in [0, 0.05) is 11.4 Å². The molecule has 1 aliphatic rings. The quantitative estimate of drug-likeness (QED) is 0.884. The number of benzene rings is 1. The molecule has 0 bridgehead atoms. The standard InChI is InChI=1S/C18H21N3O2S2/c1-12-14-10-6-7-11-15(14)21-18(20-12)16(17(19)24-2)25(22,23)13-8-4-3-5-9-13/h3-5,8-9H,6-7,10-11,19H2,1-2H3. The maximum Gasteiger partial charge on any atom is 0.212 e. The molecule has 25 heavy (non-hydrogen) atoms. The number of hydrogen-bond acceptors (Lipinski definition) is 6. The molecule has 0 saturated carbocycles. The normalized spacial score (nSPS) is 15.4. The van der Waals surface area contributed by atoms with E-state index in [2.05, 4.69) is 9.97 Å². The van der Waals surface area contributed by atoms with Crippen molar-refractivity contribution in [2.24, 2.45) is 5.73 Å². The molecule has 0 saturated heterocycles. The van der Waals surface area contributed by atoms with Crippen molar-refractivity contribution in [1.29, 1.82) is 0 Å². The van der Waals surface area contributed by atoms with Crippen LogP contribution in [0.15, 0.2) is 40.3 Å². The molecule has 0 radical (unpaired) electrons. The average Bonchev–Trinajstić information content (AvgIpc) is 2.62. The molecule has 0 amide bonds. The van der Waals surface area contributed by atoms with Crippen molar-refractivity contribution in [2.45, 2.75) is 37.5 Å². The predicted molar refractivity (Wildman–Crippen MR) is 102 cm³/mol. The van der Waals surface area contributed by atoms with E-state index in [4.69, 9.17) is 5.73 Å². The number of hydrogen-bond donors (Lipinski definition) is 1. The lowest BCUT2D eigenvalue weighted by Crippen LogP contribution is -2.17. The first-order valence-corrected chi connectivity index (χ1v) is 10.9. The van der Waals surface area contributed by atoms with Crippen molar-refractivity contribution in [1.82, 2.24) is 9.97 Å². The number of thioether (sulfide) groups is 1. The lowest BCUT2D eigenvalue weighted by atomic mass is 9.95. The van der Waals surface area contributed by atoms with E-state index in [1.807, 2.05) is 6.92 Å². The van der Waals surface area contributed by atoms with Crippen LogP contribution in [-0.2, 0) is 22.7 Å². The van der Waals surface area contributed by atoms with Crippen LogP contribution in [0.1, 0.15) is 35.6 Å². The average molecular weight is 376 g/mol. The van der Waals surface area contributed by atoms with E-state index in [-0.39, 0.29) is 20.7 Å². The minimum absolute atomic E-state index is 0.00248. The van der Waals surface area contributed by atoms with Crippen LogP contribution in [0.25, 0.3) is 4.91 Å². The molecule has 0 unspecified atom stereocenters. The van der Waals surface area contributed by atoms with E-state index in [9.17, 15) is 8.42 Å². The second-order valence-corrected chi connectivity index (χ2v) is 8.71. The van der Waals surface area contributed by atoms with Crippen molar-refractivity contribution in [2.75, 3.05) is 6.26 Å². The maximum absolute atomic E-state index is 13.2. The Hall–Kier alpha value is -1.86. The summed E-state index contributed by atoms with van der Waals surface area (Å²) in [5.41, 5.74) is 9.02. The number of fused-ring (bicyclic) bond motifs is 1. The van der Waals surface area contributed by atoms with Crippen molar-refractivity contribution in [3.8, 4) is 0 Å². The monoisotopic (exact) mass is 375 g/mol. The first-order valence-electron chi connectivity index (χ1n) is 8.15. The molecule has 0 spiro atoms. The van der Waals surface area contributed by atoms with Gasteiger partial charge in [0.25, 0.3) is 0 Å². The SMILES string of the molecule is CSC(N)=C(c1nc(C)c2c(n1)CCCC2)S(=O)(=O)c1ccccc1. The number of nitrogens with two attached hydrogens (primary N) is 1. The third kappa shape index (κ3) is 3.43. The molecule has 2 N–H and O–H groups in total. The van der Waals surface area contributed by atoms with Gasteiger partial charge >= 0.3 is 0 Å². The Morgan fingerprint density at radius 3 is 2.48 bits per heavy atom. The van der Waals surface area contributed by atoms with Gasteiger partial charge in [0.2, 0.25) is 9.84 Å². The molecule has 5 nitrogen and oxygen atoms in total. The molecule has 132 valence electrons. The van der Waals surface area contributed by atoms with Gasteiger partial charge in [0.15, 0.2) is 5.82 Å². The predicted octanol–water partition coefficient (Wildman–Crippen LogP) is 3.09. The molecule has 1 aromatic carbocycles. The van der Waals surface area contributed by atoms with Crippen molar-refractivity contribution < 1.29 is 8.42 Å². The first-order chi connectivity index (χ1) is 11.9. The van der Waals surface area contributed by atoms with E-state index in [1.165, 1.54) is 11.8 Å². The highest BCUT2D eigenvalue weighted by Gasteiger charge is 2.29. The second-order valence-electron chi connectivity index (χ2n) is 5.98. The van der Waals surface area contributed by atoms with Gasteiger partial charge in [0.1, 0.15) is 4.91 Å². The number of aromatic nitrogens is 2. The van der Waals surface area contributed by atoms with Crippen LogP contribution < -0.4 is 5.73 Å². The molecular weight excluding hydrogens is 354 g/mol. The fraction of sp³-hybridized carbons (Fsp3) is 0.333. The Bertz CT molecular complexity index is 923. The van der Waals surface area contributed by atoms with Gasteiger partial charge in [-0.1, -0.05) is 18.2 Å². The van der Waals surface area contributed by atoms with Crippen molar-refractivity contribution in [3.05, 3.63) is 58.1 Å². The summed E-state index contributed by atoms with van der Waals surface area (Å²) in [7, 11) is -3.80. The Balaban J connectivity index is 2.21. The van der Waals surface area contributed by atoms with Crippen molar-refractivity contribution in [3.63, 3.8) is 0 Å². The third-order valence-electron chi connectivity index (χ3n) is 4.36. The molecule has 0 fully saturated rings. The summed E-state index contributed by atoms with van der Waals surface area (Å²) in [5.74, 6) is 0.203. The maximum atomic E-state index is 13.2. The highest BCUT2D eigenvalue weighted by Crippen LogP contribution is 2.32. The molecule has 1 aliphatic carbocycles. The van der Waals surface area contributed by atoms with E-state index in [1.54, 1.807) is 36.6 Å². The van der Waals surface area contributed by atoms with E-state index >= 15 is 0 Å². The molecule has 0 aliphatic heterocycles. The zero-order valence-corrected chi connectivity index (χ0v) is 16.0. The summed E-state index contributed by atoms with van der Waals surface area (Å²) in [6, 6.07) is 8.29. The second kappa shape index (κ2) is 7.17. The van der Waals surface area contributed by atoms with Crippen LogP contribution in [0.5, 0.6) is 0 Å². The van der Waals surface area contributed by atoms with Crippen LogP contribution in [0.3, 0.4) is 0 Å². The van der Waals surface area contributed by atoms with Gasteiger partial charge in [0.05, 0.1) is 9.92 Å². The number of nitrogens with zero attached hydrogens (tertiary/aromatic N) is 2. The highest BCUT2D eigenvalue weighted by molar-refractivity contribution is 8.06. The number of aryl methyl sites for hydroxylation is 2. The topological polar surface area (TPSA) is 85.9 Å². The molecule has 1 heterocycles. The zero-order valence-electron chi connectivity index (χ0n) is 14.3. The van der Waals surface area contributed by atoms with Crippen molar-refractivity contribution >= 4 is 26.5 Å². The Morgan fingerprint density at radius 1 is 1.12 bits per heavy atom. The molecular formula is C18H21N3O2S2. The van der Waals surface area contributed by atoms with E-state index < -0.39 is 9.84 Å².